The average molecular weight is 226 g/mol. The zero-order chi connectivity index (χ0) is 12.7. The van der Waals surface area contributed by atoms with Gasteiger partial charge in [-0.1, -0.05) is 20.1 Å². The van der Waals surface area contributed by atoms with Crippen LogP contribution in [-0.2, 0) is 19.1 Å². The monoisotopic (exact) mass is 226 g/mol. The number of rotatable bonds is 6. The van der Waals surface area contributed by atoms with Crippen LogP contribution in [0.1, 0.15) is 20.8 Å². The van der Waals surface area contributed by atoms with Crippen LogP contribution in [0.3, 0.4) is 0 Å². The van der Waals surface area contributed by atoms with Crippen LogP contribution in [0.4, 0.5) is 0 Å². The molecule has 0 aromatic heterocycles. The van der Waals surface area contributed by atoms with E-state index in [1.54, 1.807) is 13.8 Å². The van der Waals surface area contributed by atoms with Gasteiger partial charge in [-0.05, 0) is 13.8 Å². The minimum atomic E-state index is -0.432. The van der Waals surface area contributed by atoms with Crippen LogP contribution in [0.2, 0.25) is 0 Å². The molecule has 0 aromatic carbocycles. The van der Waals surface area contributed by atoms with Gasteiger partial charge in [0.1, 0.15) is 0 Å². The molecule has 16 heavy (non-hydrogen) atoms. The van der Waals surface area contributed by atoms with Crippen LogP contribution in [0.15, 0.2) is 24.3 Å². The Bertz CT molecular complexity index is 274. The van der Waals surface area contributed by atoms with Gasteiger partial charge >= 0.3 is 11.9 Å². The molecule has 4 nitrogen and oxygen atoms in total. The van der Waals surface area contributed by atoms with Gasteiger partial charge in [0.15, 0.2) is 0 Å². The summed E-state index contributed by atoms with van der Waals surface area (Å²) in [5, 5.41) is 0. The molecule has 4 heteroatoms. The van der Waals surface area contributed by atoms with Crippen LogP contribution >= 0.6 is 0 Å². The van der Waals surface area contributed by atoms with Crippen LogP contribution in [0.5, 0.6) is 0 Å². The molecule has 0 aliphatic rings. The molecular weight excluding hydrogens is 208 g/mol. The Morgan fingerprint density at radius 3 is 1.56 bits per heavy atom. The molecule has 0 radical (unpaired) electrons. The molecule has 0 spiro atoms. The largest absolute Gasteiger partial charge is 0.462 e. The summed E-state index contributed by atoms with van der Waals surface area (Å²) in [6.07, 6.45) is 0. The van der Waals surface area contributed by atoms with Crippen molar-refractivity contribution in [1.29, 1.82) is 0 Å². The highest BCUT2D eigenvalue weighted by molar-refractivity contribution is 5.87. The van der Waals surface area contributed by atoms with Gasteiger partial charge in [-0.2, -0.15) is 0 Å². The Morgan fingerprint density at radius 1 is 1.00 bits per heavy atom. The minimum absolute atomic E-state index is 0.0494. The fourth-order valence-corrected chi connectivity index (χ4v) is 0.730. The van der Waals surface area contributed by atoms with Crippen molar-refractivity contribution in [3.8, 4) is 0 Å². The first-order chi connectivity index (χ1) is 7.34. The van der Waals surface area contributed by atoms with Crippen LogP contribution in [0.25, 0.3) is 0 Å². The standard InChI is InChI=1S/C12H18O4/c1-8(2)11(13)15-6-10(5)7-16-12(14)9(3)4/h10H,1,3,6-7H2,2,4-5H3. The number of ether oxygens (including phenoxy) is 2. The molecule has 0 unspecified atom stereocenters. The van der Waals surface area contributed by atoms with Gasteiger partial charge in [-0.15, -0.1) is 0 Å². The van der Waals surface area contributed by atoms with Crippen molar-refractivity contribution in [3.05, 3.63) is 24.3 Å². The third-order valence-corrected chi connectivity index (χ3v) is 1.69. The lowest BCUT2D eigenvalue weighted by atomic mass is 10.2. The van der Waals surface area contributed by atoms with Gasteiger partial charge in [0.05, 0.1) is 13.2 Å². The van der Waals surface area contributed by atoms with Crippen molar-refractivity contribution in [1.82, 2.24) is 0 Å². The highest BCUT2D eigenvalue weighted by Crippen LogP contribution is 2.02. The van der Waals surface area contributed by atoms with Crippen molar-refractivity contribution < 1.29 is 19.1 Å². The van der Waals surface area contributed by atoms with Crippen molar-refractivity contribution in [2.24, 2.45) is 5.92 Å². The third kappa shape index (κ3) is 6.01. The molecule has 0 rings (SSSR count). The summed E-state index contributed by atoms with van der Waals surface area (Å²) in [7, 11) is 0. The SMILES string of the molecule is C=C(C)C(=O)OCC(C)COC(=O)C(=C)C. The van der Waals surface area contributed by atoms with Gasteiger partial charge in [0, 0.05) is 17.1 Å². The molecule has 0 aliphatic heterocycles. The second kappa shape index (κ2) is 6.82. The zero-order valence-electron chi connectivity index (χ0n) is 10.0. The molecule has 90 valence electrons. The van der Waals surface area contributed by atoms with Crippen LogP contribution in [-0.4, -0.2) is 25.2 Å². The van der Waals surface area contributed by atoms with Crippen molar-refractivity contribution in [3.63, 3.8) is 0 Å². The molecule has 0 aliphatic carbocycles. The van der Waals surface area contributed by atoms with Crippen molar-refractivity contribution >= 4 is 11.9 Å². The first kappa shape index (κ1) is 14.4. The fraction of sp³-hybridized carbons (Fsp3) is 0.500. The smallest absolute Gasteiger partial charge is 0.333 e. The van der Waals surface area contributed by atoms with E-state index in [4.69, 9.17) is 9.47 Å². The number of carbonyl (C=O) groups excluding carboxylic acids is 2. The topological polar surface area (TPSA) is 52.6 Å². The maximum Gasteiger partial charge on any atom is 0.333 e. The van der Waals surface area contributed by atoms with Crippen molar-refractivity contribution in [2.75, 3.05) is 13.2 Å². The predicted molar refractivity (Wildman–Crippen MR) is 60.7 cm³/mol. The number of esters is 2. The van der Waals surface area contributed by atoms with Crippen LogP contribution in [0, 0.1) is 5.92 Å². The second-order valence-corrected chi connectivity index (χ2v) is 3.86. The van der Waals surface area contributed by atoms with E-state index in [0.717, 1.165) is 0 Å². The summed E-state index contributed by atoms with van der Waals surface area (Å²) in [6.45, 7) is 12.3. The molecule has 0 saturated carbocycles. The first-order valence-corrected chi connectivity index (χ1v) is 4.99. The summed E-state index contributed by atoms with van der Waals surface area (Å²) in [4.78, 5) is 22.1. The summed E-state index contributed by atoms with van der Waals surface area (Å²) in [5.74, 6) is -0.914. The van der Waals surface area contributed by atoms with Gasteiger partial charge in [0.2, 0.25) is 0 Å². The molecule has 0 N–H and O–H groups in total. The molecule has 0 bridgehead atoms. The van der Waals surface area contributed by atoms with Gasteiger partial charge in [0.25, 0.3) is 0 Å². The number of hydrogen-bond donors (Lipinski definition) is 0. The van der Waals surface area contributed by atoms with E-state index in [1.807, 2.05) is 6.92 Å². The van der Waals surface area contributed by atoms with E-state index in [-0.39, 0.29) is 19.1 Å². The maximum atomic E-state index is 11.1. The molecule has 0 fully saturated rings. The lowest BCUT2D eigenvalue weighted by molar-refractivity contribution is -0.143. The first-order valence-electron chi connectivity index (χ1n) is 4.99. The molecule has 0 aromatic rings. The normalized spacial score (nSPS) is 9.75. The van der Waals surface area contributed by atoms with Gasteiger partial charge < -0.3 is 9.47 Å². The molecular formula is C12H18O4. The van der Waals surface area contributed by atoms with Crippen LogP contribution < -0.4 is 0 Å². The van der Waals surface area contributed by atoms with E-state index in [0.29, 0.717) is 11.1 Å². The summed E-state index contributed by atoms with van der Waals surface area (Å²) in [5.41, 5.74) is 0.706. The third-order valence-electron chi connectivity index (χ3n) is 1.69. The van der Waals surface area contributed by atoms with E-state index in [1.165, 1.54) is 0 Å². The quantitative estimate of drug-likeness (QED) is 0.512. The summed E-state index contributed by atoms with van der Waals surface area (Å²) in [6, 6.07) is 0. The van der Waals surface area contributed by atoms with E-state index in [2.05, 4.69) is 13.2 Å². The second-order valence-electron chi connectivity index (χ2n) is 3.86. The molecule has 0 amide bonds. The molecule has 0 saturated heterocycles. The molecule has 0 atom stereocenters. The lowest BCUT2D eigenvalue weighted by Gasteiger charge is -2.12. The van der Waals surface area contributed by atoms with E-state index >= 15 is 0 Å². The Morgan fingerprint density at radius 2 is 1.31 bits per heavy atom. The van der Waals surface area contributed by atoms with E-state index < -0.39 is 11.9 Å². The van der Waals surface area contributed by atoms with E-state index in [9.17, 15) is 9.59 Å². The summed E-state index contributed by atoms with van der Waals surface area (Å²) >= 11 is 0. The fourth-order valence-electron chi connectivity index (χ4n) is 0.730. The number of carbonyl (C=O) groups is 2. The Labute approximate surface area is 95.9 Å². The highest BCUT2D eigenvalue weighted by atomic mass is 16.5. The van der Waals surface area contributed by atoms with Gasteiger partial charge in [-0.25, -0.2) is 9.59 Å². The Balaban J connectivity index is 3.79. The zero-order valence-corrected chi connectivity index (χ0v) is 10.0. The predicted octanol–water partition coefficient (Wildman–Crippen LogP) is 1.86. The lowest BCUT2D eigenvalue weighted by Crippen LogP contribution is -2.18. The Hall–Kier alpha value is -1.58. The van der Waals surface area contributed by atoms with Crippen molar-refractivity contribution in [2.45, 2.75) is 20.8 Å². The molecule has 0 heterocycles. The Kier molecular flexibility index (Phi) is 6.15. The summed E-state index contributed by atoms with van der Waals surface area (Å²) < 4.78 is 9.81. The maximum absolute atomic E-state index is 11.1. The number of hydrogen-bond acceptors (Lipinski definition) is 4. The average Bonchev–Trinajstić information content (AvgIpc) is 2.21. The minimum Gasteiger partial charge on any atom is -0.462 e. The van der Waals surface area contributed by atoms with Gasteiger partial charge in [-0.3, -0.25) is 0 Å². The highest BCUT2D eigenvalue weighted by Gasteiger charge is 2.10.